The fraction of sp³-hybridized carbons (Fsp3) is 0.600. The molecule has 0 saturated heterocycles. The summed E-state index contributed by atoms with van der Waals surface area (Å²) in [4.78, 5) is 2.47. The molecule has 0 aliphatic heterocycles. The van der Waals surface area contributed by atoms with Crippen LogP contribution in [0.4, 0.5) is 0 Å². The lowest BCUT2D eigenvalue weighted by molar-refractivity contribution is 0.243. The first-order valence-corrected chi connectivity index (χ1v) is 6.55. The van der Waals surface area contributed by atoms with Crippen molar-refractivity contribution >= 4 is 0 Å². The molecule has 0 saturated carbocycles. The Morgan fingerprint density at radius 3 is 2.59 bits per heavy atom. The quantitative estimate of drug-likeness (QED) is 0.820. The van der Waals surface area contributed by atoms with Gasteiger partial charge in [0.15, 0.2) is 0 Å². The van der Waals surface area contributed by atoms with Crippen LogP contribution in [0.25, 0.3) is 0 Å². The van der Waals surface area contributed by atoms with E-state index in [1.54, 1.807) is 0 Å². The van der Waals surface area contributed by atoms with Crippen molar-refractivity contribution in [1.29, 1.82) is 0 Å². The molecular weight excluding hydrogens is 208 g/mol. The molecule has 1 aromatic carbocycles. The summed E-state index contributed by atoms with van der Waals surface area (Å²) >= 11 is 0. The summed E-state index contributed by atoms with van der Waals surface area (Å²) in [5.74, 6) is 0.570. The van der Waals surface area contributed by atoms with Crippen molar-refractivity contribution in [3.05, 3.63) is 34.9 Å². The maximum Gasteiger partial charge on any atom is 0.0236 e. The maximum atomic E-state index is 5.70. The van der Waals surface area contributed by atoms with E-state index < -0.39 is 0 Å². The predicted octanol–water partition coefficient (Wildman–Crippen LogP) is 2.72. The van der Waals surface area contributed by atoms with E-state index in [2.05, 4.69) is 50.8 Å². The average Bonchev–Trinajstić information content (AvgIpc) is 2.32. The minimum atomic E-state index is 0.570. The van der Waals surface area contributed by atoms with E-state index in [-0.39, 0.29) is 0 Å². The Kier molecular flexibility index (Phi) is 5.66. The Labute approximate surface area is 106 Å². The molecule has 0 spiro atoms. The number of benzene rings is 1. The average molecular weight is 234 g/mol. The minimum Gasteiger partial charge on any atom is -0.330 e. The van der Waals surface area contributed by atoms with Crippen LogP contribution in [-0.4, -0.2) is 24.5 Å². The lowest BCUT2D eigenvalue weighted by Crippen LogP contribution is -2.31. The molecule has 0 bridgehead atoms. The van der Waals surface area contributed by atoms with Crippen molar-refractivity contribution in [2.45, 2.75) is 34.2 Å². The molecule has 0 fully saturated rings. The largest absolute Gasteiger partial charge is 0.330 e. The Balaban J connectivity index is 2.69. The third kappa shape index (κ3) is 4.49. The predicted molar refractivity (Wildman–Crippen MR) is 75.1 cm³/mol. The van der Waals surface area contributed by atoms with Gasteiger partial charge in [-0.25, -0.2) is 0 Å². The van der Waals surface area contributed by atoms with Crippen LogP contribution >= 0.6 is 0 Å². The van der Waals surface area contributed by atoms with Crippen LogP contribution in [0, 0.1) is 19.8 Å². The van der Waals surface area contributed by atoms with Crippen molar-refractivity contribution < 1.29 is 0 Å². The van der Waals surface area contributed by atoms with Gasteiger partial charge in [0.05, 0.1) is 0 Å². The number of nitrogens with zero attached hydrogens (tertiary/aromatic N) is 1. The minimum absolute atomic E-state index is 0.570. The summed E-state index contributed by atoms with van der Waals surface area (Å²) in [6.45, 7) is 12.7. The molecule has 1 unspecified atom stereocenters. The standard InChI is InChI=1S/C15H26N2/c1-5-17(10-13(3)9-16)11-15-8-12(2)6-7-14(15)4/h6-8,13H,5,9-11,16H2,1-4H3. The Hall–Kier alpha value is -0.860. The highest BCUT2D eigenvalue weighted by Gasteiger charge is 2.09. The molecule has 0 amide bonds. The fourth-order valence-electron chi connectivity index (χ4n) is 2.03. The van der Waals surface area contributed by atoms with Crippen molar-refractivity contribution in [3.8, 4) is 0 Å². The highest BCUT2D eigenvalue weighted by Crippen LogP contribution is 2.14. The number of aryl methyl sites for hydroxylation is 2. The van der Waals surface area contributed by atoms with Crippen LogP contribution in [0.15, 0.2) is 18.2 Å². The number of hydrogen-bond acceptors (Lipinski definition) is 2. The number of rotatable bonds is 6. The van der Waals surface area contributed by atoms with E-state index >= 15 is 0 Å². The van der Waals surface area contributed by atoms with Crippen LogP contribution in [-0.2, 0) is 6.54 Å². The zero-order valence-electron chi connectivity index (χ0n) is 11.7. The summed E-state index contributed by atoms with van der Waals surface area (Å²) in [5, 5.41) is 0. The van der Waals surface area contributed by atoms with E-state index in [4.69, 9.17) is 5.73 Å². The lowest BCUT2D eigenvalue weighted by Gasteiger charge is -2.24. The number of nitrogens with two attached hydrogens (primary N) is 1. The van der Waals surface area contributed by atoms with Crippen molar-refractivity contribution in [2.24, 2.45) is 11.7 Å². The van der Waals surface area contributed by atoms with Crippen LogP contribution in [0.3, 0.4) is 0 Å². The summed E-state index contributed by atoms with van der Waals surface area (Å²) in [6.07, 6.45) is 0. The molecule has 0 radical (unpaired) electrons. The molecule has 2 N–H and O–H groups in total. The van der Waals surface area contributed by atoms with Gasteiger partial charge < -0.3 is 5.73 Å². The molecule has 96 valence electrons. The first-order chi connectivity index (χ1) is 8.06. The zero-order valence-corrected chi connectivity index (χ0v) is 11.7. The van der Waals surface area contributed by atoms with Gasteiger partial charge in [-0.15, -0.1) is 0 Å². The first kappa shape index (κ1) is 14.2. The second kappa shape index (κ2) is 6.77. The van der Waals surface area contributed by atoms with Gasteiger partial charge in [0.2, 0.25) is 0 Å². The van der Waals surface area contributed by atoms with Crippen LogP contribution < -0.4 is 5.73 Å². The molecule has 2 heteroatoms. The van der Waals surface area contributed by atoms with Gasteiger partial charge in [0.1, 0.15) is 0 Å². The summed E-state index contributed by atoms with van der Waals surface area (Å²) < 4.78 is 0. The second-order valence-corrected chi connectivity index (χ2v) is 5.10. The number of hydrogen-bond donors (Lipinski definition) is 1. The molecule has 0 aromatic heterocycles. The van der Waals surface area contributed by atoms with Crippen molar-refractivity contribution in [1.82, 2.24) is 4.90 Å². The van der Waals surface area contributed by atoms with E-state index in [0.717, 1.165) is 26.2 Å². The monoisotopic (exact) mass is 234 g/mol. The van der Waals surface area contributed by atoms with Crippen molar-refractivity contribution in [2.75, 3.05) is 19.6 Å². The van der Waals surface area contributed by atoms with Gasteiger partial charge >= 0.3 is 0 Å². The third-order valence-corrected chi connectivity index (χ3v) is 3.32. The van der Waals surface area contributed by atoms with Gasteiger partial charge in [-0.1, -0.05) is 37.6 Å². The maximum absolute atomic E-state index is 5.70. The van der Waals surface area contributed by atoms with Gasteiger partial charge in [-0.2, -0.15) is 0 Å². The third-order valence-electron chi connectivity index (χ3n) is 3.32. The summed E-state index contributed by atoms with van der Waals surface area (Å²) in [6, 6.07) is 6.69. The Morgan fingerprint density at radius 2 is 2.00 bits per heavy atom. The SMILES string of the molecule is CCN(Cc1cc(C)ccc1C)CC(C)CN. The summed E-state index contributed by atoms with van der Waals surface area (Å²) in [7, 11) is 0. The van der Waals surface area contributed by atoms with Gasteiger partial charge in [0.25, 0.3) is 0 Å². The second-order valence-electron chi connectivity index (χ2n) is 5.10. The van der Waals surface area contributed by atoms with E-state index in [9.17, 15) is 0 Å². The molecule has 1 rings (SSSR count). The first-order valence-electron chi connectivity index (χ1n) is 6.55. The van der Waals surface area contributed by atoms with E-state index in [1.807, 2.05) is 0 Å². The van der Waals surface area contributed by atoms with Gasteiger partial charge in [0, 0.05) is 13.1 Å². The van der Waals surface area contributed by atoms with E-state index in [0.29, 0.717) is 5.92 Å². The fourth-order valence-corrected chi connectivity index (χ4v) is 2.03. The van der Waals surface area contributed by atoms with Crippen LogP contribution in [0.1, 0.15) is 30.5 Å². The van der Waals surface area contributed by atoms with Crippen LogP contribution in [0.5, 0.6) is 0 Å². The highest BCUT2D eigenvalue weighted by molar-refractivity contribution is 5.30. The Morgan fingerprint density at radius 1 is 1.29 bits per heavy atom. The van der Waals surface area contributed by atoms with Crippen LogP contribution in [0.2, 0.25) is 0 Å². The Bertz CT molecular complexity index is 347. The molecule has 1 aromatic rings. The molecule has 17 heavy (non-hydrogen) atoms. The molecule has 0 aliphatic carbocycles. The topological polar surface area (TPSA) is 29.3 Å². The van der Waals surface area contributed by atoms with Gasteiger partial charge in [-0.05, 0) is 44.0 Å². The van der Waals surface area contributed by atoms with Crippen molar-refractivity contribution in [3.63, 3.8) is 0 Å². The normalized spacial score (nSPS) is 13.1. The molecule has 0 heterocycles. The molecule has 0 aliphatic rings. The lowest BCUT2D eigenvalue weighted by atomic mass is 10.0. The molecule has 1 atom stereocenters. The summed E-state index contributed by atoms with van der Waals surface area (Å²) in [5.41, 5.74) is 9.86. The smallest absolute Gasteiger partial charge is 0.0236 e. The highest BCUT2D eigenvalue weighted by atomic mass is 15.1. The molecule has 2 nitrogen and oxygen atoms in total. The van der Waals surface area contributed by atoms with Gasteiger partial charge in [-0.3, -0.25) is 4.90 Å². The van der Waals surface area contributed by atoms with E-state index in [1.165, 1.54) is 16.7 Å². The zero-order chi connectivity index (χ0) is 12.8. The molecular formula is C15H26N2.